The van der Waals surface area contributed by atoms with Crippen molar-refractivity contribution < 1.29 is 9.66 Å². The average molecular weight is 289 g/mol. The number of hydrogen-bond donors (Lipinski definition) is 0. The fraction of sp³-hybridized carbons (Fsp3) is 0.357. The summed E-state index contributed by atoms with van der Waals surface area (Å²) in [4.78, 5) is 22.7. The topological polar surface area (TPSA) is 79.3 Å². The van der Waals surface area contributed by atoms with Crippen molar-refractivity contribution in [2.24, 2.45) is 0 Å². The van der Waals surface area contributed by atoms with Crippen LogP contribution in [0.1, 0.15) is 24.4 Å². The van der Waals surface area contributed by atoms with Crippen LogP contribution in [0.4, 0.5) is 5.69 Å². The highest BCUT2D eigenvalue weighted by Crippen LogP contribution is 2.33. The van der Waals surface area contributed by atoms with Crippen LogP contribution in [-0.4, -0.2) is 21.2 Å². The molecule has 110 valence electrons. The fourth-order valence-electron chi connectivity index (χ4n) is 2.35. The van der Waals surface area contributed by atoms with Gasteiger partial charge in [0, 0.05) is 24.5 Å². The van der Waals surface area contributed by atoms with Gasteiger partial charge in [-0.25, -0.2) is 4.79 Å². The van der Waals surface area contributed by atoms with E-state index in [0.29, 0.717) is 18.2 Å². The minimum Gasteiger partial charge on any atom is -0.490 e. The molecule has 2 aromatic rings. The Morgan fingerprint density at radius 1 is 1.38 bits per heavy atom. The molecule has 3 rings (SSSR count). The summed E-state index contributed by atoms with van der Waals surface area (Å²) in [5, 5.41) is 11.0. The molecule has 7 nitrogen and oxygen atoms in total. The summed E-state index contributed by atoms with van der Waals surface area (Å²) in [7, 11) is 1.39. The maximum Gasteiger partial charge on any atom is 0.328 e. The van der Waals surface area contributed by atoms with Crippen LogP contribution in [0.3, 0.4) is 0 Å². The highest BCUT2D eigenvalue weighted by molar-refractivity contribution is 5.48. The third kappa shape index (κ3) is 2.54. The summed E-state index contributed by atoms with van der Waals surface area (Å²) < 4.78 is 8.24. The number of imidazole rings is 1. The van der Waals surface area contributed by atoms with Crippen molar-refractivity contribution in [3.05, 3.63) is 56.8 Å². The molecule has 0 spiro atoms. The van der Waals surface area contributed by atoms with Crippen molar-refractivity contribution in [3.63, 3.8) is 0 Å². The number of nitrogens with zero attached hydrogens (tertiary/aromatic N) is 3. The highest BCUT2D eigenvalue weighted by atomic mass is 16.6. The van der Waals surface area contributed by atoms with E-state index in [0.717, 1.165) is 12.8 Å². The van der Waals surface area contributed by atoms with Gasteiger partial charge in [0.25, 0.3) is 0 Å². The van der Waals surface area contributed by atoms with E-state index in [-0.39, 0.29) is 17.1 Å². The molecule has 1 heterocycles. The van der Waals surface area contributed by atoms with Gasteiger partial charge in [-0.2, -0.15) is 0 Å². The predicted molar refractivity (Wildman–Crippen MR) is 75.7 cm³/mol. The molecule has 0 aliphatic heterocycles. The number of aromatic nitrogens is 2. The molecular formula is C14H15N3O4. The molecule has 7 heteroatoms. The number of methoxy groups -OCH3 is 1. The van der Waals surface area contributed by atoms with Gasteiger partial charge >= 0.3 is 11.4 Å². The third-order valence-electron chi connectivity index (χ3n) is 3.61. The minimum absolute atomic E-state index is 0.0732. The van der Waals surface area contributed by atoms with Gasteiger partial charge < -0.3 is 4.74 Å². The van der Waals surface area contributed by atoms with Crippen molar-refractivity contribution in [3.8, 4) is 5.75 Å². The van der Waals surface area contributed by atoms with Crippen LogP contribution in [0, 0.1) is 10.1 Å². The van der Waals surface area contributed by atoms with E-state index in [9.17, 15) is 14.9 Å². The van der Waals surface area contributed by atoms with E-state index < -0.39 is 4.92 Å². The second-order valence-electron chi connectivity index (χ2n) is 5.11. The summed E-state index contributed by atoms with van der Waals surface area (Å²) in [6, 6.07) is 5.05. The SMILES string of the molecule is COc1ccc(Cn2ccn(C3CC3)c2=O)cc1[N+](=O)[O-]. The summed E-state index contributed by atoms with van der Waals surface area (Å²) in [6.45, 7) is 0.309. The zero-order chi connectivity index (χ0) is 15.0. The molecule has 0 amide bonds. The number of nitro groups is 1. The smallest absolute Gasteiger partial charge is 0.328 e. The van der Waals surface area contributed by atoms with Gasteiger partial charge in [0.15, 0.2) is 5.75 Å². The van der Waals surface area contributed by atoms with Gasteiger partial charge in [-0.3, -0.25) is 19.2 Å². The summed E-state index contributed by atoms with van der Waals surface area (Å²) in [5.41, 5.74) is 0.527. The molecule has 0 unspecified atom stereocenters. The molecule has 1 fully saturated rings. The number of nitro benzene ring substituents is 1. The number of rotatable bonds is 5. The maximum absolute atomic E-state index is 12.2. The quantitative estimate of drug-likeness (QED) is 0.622. The standard InChI is InChI=1S/C14H15N3O4/c1-21-13-5-2-10(8-12(13)17(19)20)9-15-6-7-16(14(15)18)11-3-4-11/h2,5-8,11H,3-4,9H2,1H3. The van der Waals surface area contributed by atoms with Crippen LogP contribution in [0.5, 0.6) is 5.75 Å². The van der Waals surface area contributed by atoms with Crippen LogP contribution >= 0.6 is 0 Å². The van der Waals surface area contributed by atoms with Crippen molar-refractivity contribution in [2.75, 3.05) is 7.11 Å². The van der Waals surface area contributed by atoms with Crippen molar-refractivity contribution in [2.45, 2.75) is 25.4 Å². The lowest BCUT2D eigenvalue weighted by Gasteiger charge is -2.05. The molecule has 1 aromatic heterocycles. The highest BCUT2D eigenvalue weighted by Gasteiger charge is 2.25. The Bertz CT molecular complexity index is 743. The second kappa shape index (κ2) is 5.08. The second-order valence-corrected chi connectivity index (χ2v) is 5.11. The van der Waals surface area contributed by atoms with Gasteiger partial charge in [-0.1, -0.05) is 6.07 Å². The Labute approximate surface area is 120 Å². The fourth-order valence-corrected chi connectivity index (χ4v) is 2.35. The molecule has 1 saturated carbocycles. The van der Waals surface area contributed by atoms with Gasteiger partial charge in [0.1, 0.15) is 0 Å². The average Bonchev–Trinajstić information content (AvgIpc) is 3.25. The first-order valence-corrected chi connectivity index (χ1v) is 6.68. The van der Waals surface area contributed by atoms with Crippen molar-refractivity contribution in [1.82, 2.24) is 9.13 Å². The summed E-state index contributed by atoms with van der Waals surface area (Å²) in [6.07, 6.45) is 5.57. The van der Waals surface area contributed by atoms with Crippen LogP contribution in [0.2, 0.25) is 0 Å². The predicted octanol–water partition coefficient (Wildman–Crippen LogP) is 1.95. The first kappa shape index (κ1) is 13.4. The lowest BCUT2D eigenvalue weighted by molar-refractivity contribution is -0.385. The van der Waals surface area contributed by atoms with Crippen LogP contribution < -0.4 is 10.4 Å². The largest absolute Gasteiger partial charge is 0.490 e. The van der Waals surface area contributed by atoms with Crippen molar-refractivity contribution in [1.29, 1.82) is 0 Å². The van der Waals surface area contributed by atoms with Crippen LogP contribution in [0.15, 0.2) is 35.4 Å². The van der Waals surface area contributed by atoms with Crippen LogP contribution in [0.25, 0.3) is 0 Å². The Kier molecular flexibility index (Phi) is 3.25. The van der Waals surface area contributed by atoms with Gasteiger partial charge in [0.2, 0.25) is 0 Å². The van der Waals surface area contributed by atoms with Gasteiger partial charge in [-0.05, 0) is 24.5 Å². The minimum atomic E-state index is -0.486. The number of benzene rings is 1. The number of ether oxygens (including phenoxy) is 1. The summed E-state index contributed by atoms with van der Waals surface area (Å²) in [5.74, 6) is 0.214. The number of hydrogen-bond acceptors (Lipinski definition) is 4. The van der Waals surface area contributed by atoms with E-state index in [2.05, 4.69) is 0 Å². The van der Waals surface area contributed by atoms with Crippen LogP contribution in [-0.2, 0) is 6.54 Å². The summed E-state index contributed by atoms with van der Waals surface area (Å²) >= 11 is 0. The Morgan fingerprint density at radius 3 is 2.76 bits per heavy atom. The lowest BCUT2D eigenvalue weighted by atomic mass is 10.2. The molecule has 0 atom stereocenters. The molecule has 0 saturated heterocycles. The zero-order valence-corrected chi connectivity index (χ0v) is 11.6. The molecule has 0 bridgehead atoms. The molecule has 1 aliphatic rings. The molecule has 0 radical (unpaired) electrons. The molecule has 1 aliphatic carbocycles. The third-order valence-corrected chi connectivity index (χ3v) is 3.61. The molecule has 0 N–H and O–H groups in total. The molecule has 1 aromatic carbocycles. The molecule has 21 heavy (non-hydrogen) atoms. The monoisotopic (exact) mass is 289 g/mol. The van der Waals surface area contributed by atoms with E-state index in [1.807, 2.05) is 0 Å². The first-order valence-electron chi connectivity index (χ1n) is 6.68. The zero-order valence-electron chi connectivity index (χ0n) is 11.6. The van der Waals surface area contributed by atoms with Gasteiger partial charge in [0.05, 0.1) is 18.6 Å². The maximum atomic E-state index is 12.2. The Balaban J connectivity index is 1.89. The first-order chi connectivity index (χ1) is 10.1. The Morgan fingerprint density at radius 2 is 2.14 bits per heavy atom. The van der Waals surface area contributed by atoms with E-state index in [1.165, 1.54) is 13.2 Å². The van der Waals surface area contributed by atoms with E-state index in [1.54, 1.807) is 33.7 Å². The molecular weight excluding hydrogens is 274 g/mol. The van der Waals surface area contributed by atoms with Gasteiger partial charge in [-0.15, -0.1) is 0 Å². The Hall–Kier alpha value is -2.57. The van der Waals surface area contributed by atoms with E-state index in [4.69, 9.17) is 4.74 Å². The normalized spacial score (nSPS) is 14.1. The van der Waals surface area contributed by atoms with Crippen molar-refractivity contribution >= 4 is 5.69 Å². The van der Waals surface area contributed by atoms with E-state index >= 15 is 0 Å². The lowest BCUT2D eigenvalue weighted by Crippen LogP contribution is -2.23.